The van der Waals surface area contributed by atoms with Crippen molar-refractivity contribution >= 4 is 15.9 Å². The lowest BCUT2D eigenvalue weighted by atomic mass is 9.83. The van der Waals surface area contributed by atoms with Gasteiger partial charge < -0.3 is 9.84 Å². The minimum absolute atomic E-state index is 0.191. The molecular weight excluding hydrogens is 292 g/mol. The van der Waals surface area contributed by atoms with Crippen LogP contribution < -0.4 is 4.74 Å². The number of hydrogen-bond donors (Lipinski definition) is 1. The van der Waals surface area contributed by atoms with Crippen LogP contribution in [0.1, 0.15) is 57.6 Å². The second-order valence-electron chi connectivity index (χ2n) is 5.14. The SMILES string of the molecule is CCCCC1(CC)C[C@H](O)c2ccc(Br)cc2O1. The summed E-state index contributed by atoms with van der Waals surface area (Å²) >= 11 is 3.46. The van der Waals surface area contributed by atoms with Gasteiger partial charge in [-0.2, -0.15) is 0 Å². The van der Waals surface area contributed by atoms with Crippen molar-refractivity contribution in [2.24, 2.45) is 0 Å². The van der Waals surface area contributed by atoms with E-state index < -0.39 is 6.10 Å². The summed E-state index contributed by atoms with van der Waals surface area (Å²) in [5.41, 5.74) is 0.724. The fourth-order valence-corrected chi connectivity index (χ4v) is 2.99. The summed E-state index contributed by atoms with van der Waals surface area (Å²) < 4.78 is 7.23. The van der Waals surface area contributed by atoms with Crippen LogP contribution in [0.5, 0.6) is 5.75 Å². The van der Waals surface area contributed by atoms with Crippen LogP contribution in [0.3, 0.4) is 0 Å². The van der Waals surface area contributed by atoms with E-state index in [1.807, 2.05) is 18.2 Å². The predicted octanol–water partition coefficient (Wildman–Crippen LogP) is 4.60. The van der Waals surface area contributed by atoms with Crippen LogP contribution in [0.15, 0.2) is 22.7 Å². The zero-order chi connectivity index (χ0) is 13.2. The number of rotatable bonds is 4. The molecule has 3 heteroatoms. The molecule has 1 aliphatic heterocycles. The molecule has 2 rings (SSSR count). The summed E-state index contributed by atoms with van der Waals surface area (Å²) in [6.45, 7) is 4.33. The van der Waals surface area contributed by atoms with Crippen molar-refractivity contribution in [2.45, 2.75) is 57.7 Å². The number of halogens is 1. The van der Waals surface area contributed by atoms with Gasteiger partial charge in [0.15, 0.2) is 0 Å². The Kier molecular flexibility index (Phi) is 4.33. The lowest BCUT2D eigenvalue weighted by Gasteiger charge is -2.40. The van der Waals surface area contributed by atoms with Crippen molar-refractivity contribution in [3.63, 3.8) is 0 Å². The van der Waals surface area contributed by atoms with Crippen molar-refractivity contribution in [2.75, 3.05) is 0 Å². The molecular formula is C15H21BrO2. The molecule has 100 valence electrons. The van der Waals surface area contributed by atoms with Gasteiger partial charge in [0.2, 0.25) is 0 Å². The highest BCUT2D eigenvalue weighted by molar-refractivity contribution is 9.10. The van der Waals surface area contributed by atoms with Crippen molar-refractivity contribution in [1.82, 2.24) is 0 Å². The molecule has 0 spiro atoms. The highest BCUT2D eigenvalue weighted by atomic mass is 79.9. The lowest BCUT2D eigenvalue weighted by molar-refractivity contribution is -0.0241. The molecule has 1 unspecified atom stereocenters. The van der Waals surface area contributed by atoms with Crippen LogP contribution in [0.2, 0.25) is 0 Å². The Morgan fingerprint density at radius 3 is 2.89 bits per heavy atom. The Hall–Kier alpha value is -0.540. The van der Waals surface area contributed by atoms with Crippen LogP contribution in [0, 0.1) is 0 Å². The van der Waals surface area contributed by atoms with Gasteiger partial charge in [0.1, 0.15) is 11.4 Å². The minimum atomic E-state index is -0.404. The summed E-state index contributed by atoms with van der Waals surface area (Å²) in [5.74, 6) is 0.834. The summed E-state index contributed by atoms with van der Waals surface area (Å²) in [6, 6.07) is 5.87. The van der Waals surface area contributed by atoms with Gasteiger partial charge in [-0.1, -0.05) is 42.3 Å². The largest absolute Gasteiger partial charge is 0.487 e. The van der Waals surface area contributed by atoms with Gasteiger partial charge in [0.25, 0.3) is 0 Å². The molecule has 0 aromatic heterocycles. The summed E-state index contributed by atoms with van der Waals surface area (Å²) in [5, 5.41) is 10.3. The smallest absolute Gasteiger partial charge is 0.127 e. The first-order chi connectivity index (χ1) is 8.60. The van der Waals surface area contributed by atoms with Crippen molar-refractivity contribution in [3.05, 3.63) is 28.2 Å². The second-order valence-corrected chi connectivity index (χ2v) is 6.06. The predicted molar refractivity (Wildman–Crippen MR) is 76.9 cm³/mol. The highest BCUT2D eigenvalue weighted by Gasteiger charge is 2.38. The molecule has 0 saturated carbocycles. The molecule has 0 radical (unpaired) electrons. The van der Waals surface area contributed by atoms with Gasteiger partial charge in [-0.15, -0.1) is 0 Å². The van der Waals surface area contributed by atoms with E-state index in [1.54, 1.807) is 0 Å². The molecule has 1 aliphatic rings. The van der Waals surface area contributed by atoms with E-state index in [0.717, 1.165) is 41.5 Å². The van der Waals surface area contributed by atoms with Crippen LogP contribution in [0.25, 0.3) is 0 Å². The Bertz CT molecular complexity index is 419. The Morgan fingerprint density at radius 1 is 1.44 bits per heavy atom. The molecule has 0 saturated heterocycles. The molecule has 0 aliphatic carbocycles. The maximum absolute atomic E-state index is 10.3. The number of hydrogen-bond acceptors (Lipinski definition) is 2. The van der Waals surface area contributed by atoms with E-state index in [-0.39, 0.29) is 5.60 Å². The number of benzene rings is 1. The van der Waals surface area contributed by atoms with E-state index in [1.165, 1.54) is 0 Å². The minimum Gasteiger partial charge on any atom is -0.487 e. The first kappa shape index (κ1) is 13.9. The lowest BCUT2D eigenvalue weighted by Crippen LogP contribution is -2.40. The third kappa shape index (κ3) is 2.72. The van der Waals surface area contributed by atoms with Gasteiger partial charge in [0.05, 0.1) is 6.10 Å². The topological polar surface area (TPSA) is 29.5 Å². The fourth-order valence-electron chi connectivity index (χ4n) is 2.65. The second kappa shape index (κ2) is 5.62. The van der Waals surface area contributed by atoms with Gasteiger partial charge in [-0.25, -0.2) is 0 Å². The highest BCUT2D eigenvalue weighted by Crippen LogP contribution is 2.44. The first-order valence-electron chi connectivity index (χ1n) is 6.77. The van der Waals surface area contributed by atoms with Gasteiger partial charge >= 0.3 is 0 Å². The van der Waals surface area contributed by atoms with Crippen LogP contribution in [-0.2, 0) is 0 Å². The molecule has 1 aromatic carbocycles. The monoisotopic (exact) mass is 312 g/mol. The zero-order valence-corrected chi connectivity index (χ0v) is 12.7. The standard InChI is InChI=1S/C15H21BrO2/c1-3-5-8-15(4-2)10-13(17)12-7-6-11(16)9-14(12)18-15/h6-7,9,13,17H,3-5,8,10H2,1-2H3/t13-,15?/m0/s1. The summed E-state index contributed by atoms with van der Waals surface area (Å²) in [7, 11) is 0. The maximum Gasteiger partial charge on any atom is 0.127 e. The number of ether oxygens (including phenoxy) is 1. The van der Waals surface area contributed by atoms with E-state index in [2.05, 4.69) is 29.8 Å². The molecule has 18 heavy (non-hydrogen) atoms. The van der Waals surface area contributed by atoms with Crippen molar-refractivity contribution in [3.8, 4) is 5.75 Å². The van der Waals surface area contributed by atoms with Crippen LogP contribution in [-0.4, -0.2) is 10.7 Å². The number of fused-ring (bicyclic) bond motifs is 1. The van der Waals surface area contributed by atoms with Gasteiger partial charge in [0, 0.05) is 16.5 Å². The molecule has 0 fully saturated rings. The van der Waals surface area contributed by atoms with E-state index in [9.17, 15) is 5.11 Å². The number of unbranched alkanes of at least 4 members (excludes halogenated alkanes) is 1. The summed E-state index contributed by atoms with van der Waals surface area (Å²) in [6.07, 6.45) is 4.56. The van der Waals surface area contributed by atoms with Crippen LogP contribution in [0.4, 0.5) is 0 Å². The Balaban J connectivity index is 2.29. The molecule has 2 nitrogen and oxygen atoms in total. The Morgan fingerprint density at radius 2 is 2.22 bits per heavy atom. The molecule has 2 atom stereocenters. The van der Waals surface area contributed by atoms with Crippen molar-refractivity contribution in [1.29, 1.82) is 0 Å². The van der Waals surface area contributed by atoms with Crippen molar-refractivity contribution < 1.29 is 9.84 Å². The van der Waals surface area contributed by atoms with Crippen LogP contribution >= 0.6 is 15.9 Å². The third-order valence-corrected chi connectivity index (χ3v) is 4.35. The molecule has 1 aromatic rings. The van der Waals surface area contributed by atoms with Gasteiger partial charge in [-0.05, 0) is 31.4 Å². The molecule has 0 amide bonds. The van der Waals surface area contributed by atoms with E-state index in [0.29, 0.717) is 6.42 Å². The fraction of sp³-hybridized carbons (Fsp3) is 0.600. The Labute approximate surface area is 117 Å². The number of aliphatic hydroxyl groups excluding tert-OH is 1. The average Bonchev–Trinajstić information content (AvgIpc) is 2.36. The zero-order valence-electron chi connectivity index (χ0n) is 11.1. The molecule has 1 N–H and O–H groups in total. The normalized spacial score (nSPS) is 26.6. The quantitative estimate of drug-likeness (QED) is 0.880. The number of aliphatic hydroxyl groups is 1. The van der Waals surface area contributed by atoms with Gasteiger partial charge in [-0.3, -0.25) is 0 Å². The third-order valence-electron chi connectivity index (χ3n) is 3.86. The van der Waals surface area contributed by atoms with E-state index >= 15 is 0 Å². The molecule has 0 bridgehead atoms. The average molecular weight is 313 g/mol. The van der Waals surface area contributed by atoms with E-state index in [4.69, 9.17) is 4.74 Å². The first-order valence-corrected chi connectivity index (χ1v) is 7.56. The summed E-state index contributed by atoms with van der Waals surface area (Å²) in [4.78, 5) is 0. The molecule has 1 heterocycles. The maximum atomic E-state index is 10.3.